The normalized spacial score (nSPS) is 16.6. The Balaban J connectivity index is 2.51. The maximum atomic E-state index is 3.40. The van der Waals surface area contributed by atoms with Gasteiger partial charge in [0.2, 0.25) is 0 Å². The van der Waals surface area contributed by atoms with Crippen molar-refractivity contribution in [1.82, 2.24) is 0 Å². The van der Waals surface area contributed by atoms with Gasteiger partial charge in [-0.3, -0.25) is 0 Å². The minimum Gasteiger partial charge on any atom is -0.0555 e. The van der Waals surface area contributed by atoms with Gasteiger partial charge in [-0.2, -0.15) is 0 Å². The summed E-state index contributed by atoms with van der Waals surface area (Å²) in [6, 6.07) is 5.65. The Kier molecular flexibility index (Phi) is 1.71. The van der Waals surface area contributed by atoms with Gasteiger partial charge in [0.25, 0.3) is 0 Å². The van der Waals surface area contributed by atoms with Crippen molar-refractivity contribution in [3.63, 3.8) is 0 Å². The van der Waals surface area contributed by atoms with Crippen LogP contribution in [0.5, 0.6) is 0 Å². The summed E-state index contributed by atoms with van der Waals surface area (Å²) in [4.78, 5) is 0. The van der Waals surface area contributed by atoms with E-state index in [1.807, 2.05) is 0 Å². The first-order chi connectivity index (χ1) is 5.68. The lowest BCUT2D eigenvalue weighted by atomic mass is 9.96. The Morgan fingerprint density at radius 2 is 1.92 bits per heavy atom. The average molecular weight is 159 g/mol. The van der Waals surface area contributed by atoms with Crippen molar-refractivity contribution in [3.8, 4) is 0 Å². The zero-order valence-corrected chi connectivity index (χ0v) is 8.07. The van der Waals surface area contributed by atoms with Crippen LogP contribution in [0.25, 0.3) is 0 Å². The number of rotatable bonds is 1. The van der Waals surface area contributed by atoms with E-state index in [1.165, 1.54) is 29.5 Å². The molecular formula is C12H15. The van der Waals surface area contributed by atoms with Gasteiger partial charge >= 0.3 is 0 Å². The maximum absolute atomic E-state index is 3.40. The van der Waals surface area contributed by atoms with Crippen molar-refractivity contribution in [2.24, 2.45) is 0 Å². The molecule has 0 aromatic heterocycles. The highest BCUT2D eigenvalue weighted by Crippen LogP contribution is 2.43. The quantitative estimate of drug-likeness (QED) is 0.590. The third-order valence-corrected chi connectivity index (χ3v) is 2.63. The lowest BCUT2D eigenvalue weighted by Gasteiger charge is -2.08. The Hall–Kier alpha value is -0.780. The minimum atomic E-state index is 0.863. The molecule has 0 heteroatoms. The highest BCUT2D eigenvalue weighted by molar-refractivity contribution is 5.40. The molecule has 0 N–H and O–H groups in total. The third kappa shape index (κ3) is 1.26. The monoisotopic (exact) mass is 159 g/mol. The van der Waals surface area contributed by atoms with Crippen LogP contribution in [0.2, 0.25) is 0 Å². The summed E-state index contributed by atoms with van der Waals surface area (Å²) in [5, 5.41) is 0. The molecule has 1 radical (unpaired) electrons. The second kappa shape index (κ2) is 2.62. The van der Waals surface area contributed by atoms with Crippen LogP contribution < -0.4 is 0 Å². The molecule has 0 heterocycles. The zero-order chi connectivity index (χ0) is 8.72. The lowest BCUT2D eigenvalue weighted by Crippen LogP contribution is -1.92. The van der Waals surface area contributed by atoms with E-state index in [0.29, 0.717) is 0 Å². The predicted octanol–water partition coefficient (Wildman–Crippen LogP) is 3.29. The van der Waals surface area contributed by atoms with Gasteiger partial charge in [0.1, 0.15) is 0 Å². The molecule has 0 spiro atoms. The molecule has 0 unspecified atom stereocenters. The lowest BCUT2D eigenvalue weighted by molar-refractivity contribution is 1.06. The van der Waals surface area contributed by atoms with Crippen molar-refractivity contribution in [3.05, 3.63) is 34.4 Å². The Morgan fingerprint density at radius 1 is 1.25 bits per heavy atom. The highest BCUT2D eigenvalue weighted by Gasteiger charge is 2.26. The van der Waals surface area contributed by atoms with Crippen LogP contribution in [-0.2, 0) is 0 Å². The van der Waals surface area contributed by atoms with Crippen LogP contribution in [0, 0.1) is 26.8 Å². The molecule has 0 atom stereocenters. The zero-order valence-electron chi connectivity index (χ0n) is 8.07. The molecule has 1 aliphatic carbocycles. The molecule has 2 rings (SSSR count). The molecule has 1 aromatic rings. The third-order valence-electron chi connectivity index (χ3n) is 2.63. The molecule has 1 fully saturated rings. The fraction of sp³-hybridized carbons (Fsp3) is 0.500. The van der Waals surface area contributed by atoms with E-state index < -0.39 is 0 Å². The van der Waals surface area contributed by atoms with Crippen LogP contribution in [0.1, 0.15) is 41.0 Å². The van der Waals surface area contributed by atoms with E-state index in [-0.39, 0.29) is 0 Å². The van der Waals surface area contributed by atoms with Gasteiger partial charge in [-0.1, -0.05) is 6.07 Å². The van der Waals surface area contributed by atoms with Crippen LogP contribution in [0.15, 0.2) is 6.07 Å². The molecule has 12 heavy (non-hydrogen) atoms. The molecule has 1 aromatic carbocycles. The molecule has 1 saturated carbocycles. The number of hydrogen-bond acceptors (Lipinski definition) is 0. The molecule has 0 aliphatic heterocycles. The van der Waals surface area contributed by atoms with Gasteiger partial charge in [0, 0.05) is 0 Å². The van der Waals surface area contributed by atoms with E-state index >= 15 is 0 Å². The largest absolute Gasteiger partial charge is 0.0555 e. The van der Waals surface area contributed by atoms with Gasteiger partial charge in [-0.05, 0) is 67.9 Å². The molecule has 0 bridgehead atoms. The Bertz CT molecular complexity index is 283. The summed E-state index contributed by atoms with van der Waals surface area (Å²) >= 11 is 0. The van der Waals surface area contributed by atoms with Crippen LogP contribution in [0.4, 0.5) is 0 Å². The van der Waals surface area contributed by atoms with Crippen molar-refractivity contribution in [2.75, 3.05) is 0 Å². The van der Waals surface area contributed by atoms with Gasteiger partial charge in [-0.25, -0.2) is 0 Å². The fourth-order valence-corrected chi connectivity index (χ4v) is 2.10. The minimum absolute atomic E-state index is 0.863. The first-order valence-electron chi connectivity index (χ1n) is 4.68. The van der Waals surface area contributed by atoms with Crippen molar-refractivity contribution >= 4 is 0 Å². The van der Waals surface area contributed by atoms with E-state index in [9.17, 15) is 0 Å². The number of hydrogen-bond donors (Lipinski definition) is 0. The van der Waals surface area contributed by atoms with Crippen molar-refractivity contribution in [1.29, 1.82) is 0 Å². The first-order valence-corrected chi connectivity index (χ1v) is 4.68. The summed E-state index contributed by atoms with van der Waals surface area (Å²) < 4.78 is 0. The van der Waals surface area contributed by atoms with Crippen molar-refractivity contribution in [2.45, 2.75) is 39.5 Å². The maximum Gasteiger partial charge on any atom is -0.0117 e. The fourth-order valence-electron chi connectivity index (χ4n) is 2.10. The summed E-state index contributed by atoms with van der Waals surface area (Å²) in [7, 11) is 0. The standard InChI is InChI=1S/C12H15/c1-8-6-9(2)12(10(3)7-8)11-4-5-11/h6,11H,4-5H2,1-3H3. The molecule has 0 amide bonds. The van der Waals surface area contributed by atoms with Crippen LogP contribution in [-0.4, -0.2) is 0 Å². The van der Waals surface area contributed by atoms with E-state index in [4.69, 9.17) is 0 Å². The first kappa shape index (κ1) is 7.85. The smallest absolute Gasteiger partial charge is 0.0117 e. The summed E-state index contributed by atoms with van der Waals surface area (Å²) in [5.74, 6) is 0.863. The second-order valence-corrected chi connectivity index (χ2v) is 3.95. The predicted molar refractivity (Wildman–Crippen MR) is 51.5 cm³/mol. The van der Waals surface area contributed by atoms with Gasteiger partial charge in [-0.15, -0.1) is 0 Å². The molecular weight excluding hydrogens is 144 g/mol. The van der Waals surface area contributed by atoms with E-state index in [0.717, 1.165) is 5.92 Å². The number of benzene rings is 1. The summed E-state index contributed by atoms with van der Waals surface area (Å²) in [6.45, 7) is 6.53. The Morgan fingerprint density at radius 3 is 2.42 bits per heavy atom. The average Bonchev–Trinajstić information content (AvgIpc) is 2.68. The van der Waals surface area contributed by atoms with Crippen LogP contribution >= 0.6 is 0 Å². The molecule has 0 nitrogen and oxygen atoms in total. The summed E-state index contributed by atoms with van der Waals surface area (Å²) in [6.07, 6.45) is 2.77. The topological polar surface area (TPSA) is 0 Å². The van der Waals surface area contributed by atoms with E-state index in [2.05, 4.69) is 32.9 Å². The van der Waals surface area contributed by atoms with Gasteiger partial charge < -0.3 is 0 Å². The SMILES string of the molecule is Cc1[c]c(C)c(C2CC2)c(C)c1. The second-order valence-electron chi connectivity index (χ2n) is 3.95. The highest BCUT2D eigenvalue weighted by atomic mass is 14.3. The van der Waals surface area contributed by atoms with Crippen molar-refractivity contribution < 1.29 is 0 Å². The molecule has 0 saturated heterocycles. The van der Waals surface area contributed by atoms with Gasteiger partial charge in [0.15, 0.2) is 0 Å². The number of aryl methyl sites for hydroxylation is 3. The van der Waals surface area contributed by atoms with Crippen LogP contribution in [0.3, 0.4) is 0 Å². The summed E-state index contributed by atoms with van der Waals surface area (Å²) in [5.41, 5.74) is 5.68. The molecule has 63 valence electrons. The van der Waals surface area contributed by atoms with E-state index in [1.54, 1.807) is 5.56 Å². The molecule has 1 aliphatic rings. The van der Waals surface area contributed by atoms with Gasteiger partial charge in [0.05, 0.1) is 0 Å². The Labute approximate surface area is 74.6 Å².